The third-order valence-corrected chi connectivity index (χ3v) is 6.95. The summed E-state index contributed by atoms with van der Waals surface area (Å²) in [7, 11) is 0. The molecule has 1 fully saturated rings. The molecule has 1 aromatic heterocycles. The van der Waals surface area contributed by atoms with E-state index in [1.807, 2.05) is 12.1 Å². The number of aryl methyl sites for hydroxylation is 2. The minimum Gasteiger partial charge on any atom is -0.352 e. The largest absolute Gasteiger partial charge is 0.352 e. The molecule has 2 aromatic carbocycles. The number of hydrogen-bond donors (Lipinski definition) is 1. The van der Waals surface area contributed by atoms with Gasteiger partial charge in [0.2, 0.25) is 11.1 Å². The maximum Gasteiger partial charge on any atom is 0.230 e. The quantitative estimate of drug-likeness (QED) is 0.499. The molecule has 6 heteroatoms. The van der Waals surface area contributed by atoms with Crippen molar-refractivity contribution in [3.8, 4) is 22.5 Å². The number of rotatable bonds is 6. The Bertz CT molecular complexity index is 1070. The van der Waals surface area contributed by atoms with Gasteiger partial charge in [-0.15, -0.1) is 10.2 Å². The fourth-order valence-electron chi connectivity index (χ4n) is 4.10. The minimum atomic E-state index is 0.0387. The van der Waals surface area contributed by atoms with Crippen LogP contribution in [0.2, 0.25) is 0 Å². The monoisotopic (exact) mass is 446 g/mol. The smallest absolute Gasteiger partial charge is 0.230 e. The molecular formula is C26H30N4OS. The summed E-state index contributed by atoms with van der Waals surface area (Å²) in [6.07, 6.45) is 4.71. The van der Waals surface area contributed by atoms with Crippen LogP contribution >= 0.6 is 11.8 Å². The molecule has 1 aliphatic rings. The standard InChI is InChI=1S/C26H30N4OS/c1-17-8-12-20(13-9-17)24-25(21-14-10-18(2)11-15-21)29-30-26(28-24)32-16-23(31)27-22-7-5-4-6-19(22)3/h8-15,19,22H,4-7,16H2,1-3H3,(H,27,31). The predicted octanol–water partition coefficient (Wildman–Crippen LogP) is 5.61. The average Bonchev–Trinajstić information content (AvgIpc) is 2.80. The lowest BCUT2D eigenvalue weighted by atomic mass is 9.86. The van der Waals surface area contributed by atoms with E-state index in [2.05, 4.69) is 72.7 Å². The third-order valence-electron chi connectivity index (χ3n) is 6.11. The van der Waals surface area contributed by atoms with Crippen LogP contribution in [0.25, 0.3) is 22.5 Å². The van der Waals surface area contributed by atoms with Crippen LogP contribution < -0.4 is 5.32 Å². The summed E-state index contributed by atoms with van der Waals surface area (Å²) in [5, 5.41) is 12.6. The van der Waals surface area contributed by atoms with Crippen LogP contribution in [0.5, 0.6) is 0 Å². The maximum absolute atomic E-state index is 12.5. The Morgan fingerprint density at radius 1 is 0.906 bits per heavy atom. The zero-order valence-electron chi connectivity index (χ0n) is 19.0. The lowest BCUT2D eigenvalue weighted by molar-refractivity contribution is -0.119. The van der Waals surface area contributed by atoms with Crippen molar-refractivity contribution in [3.05, 3.63) is 59.7 Å². The highest BCUT2D eigenvalue weighted by molar-refractivity contribution is 7.99. The Morgan fingerprint density at radius 2 is 1.50 bits per heavy atom. The molecule has 0 bridgehead atoms. The molecule has 166 valence electrons. The van der Waals surface area contributed by atoms with Gasteiger partial charge in [-0.2, -0.15) is 0 Å². The number of thioether (sulfide) groups is 1. The Morgan fingerprint density at radius 3 is 2.12 bits per heavy atom. The highest BCUT2D eigenvalue weighted by atomic mass is 32.2. The second-order valence-electron chi connectivity index (χ2n) is 8.75. The van der Waals surface area contributed by atoms with Crippen LogP contribution in [-0.2, 0) is 4.79 Å². The van der Waals surface area contributed by atoms with E-state index < -0.39 is 0 Å². The summed E-state index contributed by atoms with van der Waals surface area (Å²) in [5.41, 5.74) is 5.88. The van der Waals surface area contributed by atoms with E-state index >= 15 is 0 Å². The first kappa shape index (κ1) is 22.5. The average molecular weight is 447 g/mol. The predicted molar refractivity (Wildman–Crippen MR) is 130 cm³/mol. The molecule has 1 N–H and O–H groups in total. The molecule has 5 nitrogen and oxygen atoms in total. The number of aromatic nitrogens is 3. The van der Waals surface area contributed by atoms with Gasteiger partial charge in [-0.3, -0.25) is 4.79 Å². The van der Waals surface area contributed by atoms with Crippen LogP contribution in [0, 0.1) is 19.8 Å². The van der Waals surface area contributed by atoms with Crippen molar-refractivity contribution in [2.75, 3.05) is 5.75 Å². The summed E-state index contributed by atoms with van der Waals surface area (Å²) in [4.78, 5) is 17.3. The second kappa shape index (κ2) is 10.3. The number of carbonyl (C=O) groups excluding carboxylic acids is 1. The molecule has 0 radical (unpaired) electrons. The fraction of sp³-hybridized carbons (Fsp3) is 0.385. The first-order valence-corrected chi connectivity index (χ1v) is 12.3. The van der Waals surface area contributed by atoms with Gasteiger partial charge in [0, 0.05) is 17.2 Å². The van der Waals surface area contributed by atoms with Gasteiger partial charge in [-0.05, 0) is 32.6 Å². The first-order valence-electron chi connectivity index (χ1n) is 11.3. The number of hydrogen-bond acceptors (Lipinski definition) is 5. The van der Waals surface area contributed by atoms with Crippen LogP contribution in [0.1, 0.15) is 43.7 Å². The lowest BCUT2D eigenvalue weighted by Gasteiger charge is -2.29. The summed E-state index contributed by atoms with van der Waals surface area (Å²) in [6.45, 7) is 6.35. The van der Waals surface area contributed by atoms with E-state index in [4.69, 9.17) is 4.98 Å². The maximum atomic E-state index is 12.5. The zero-order valence-corrected chi connectivity index (χ0v) is 19.8. The number of benzene rings is 2. The number of nitrogens with zero attached hydrogens (tertiary/aromatic N) is 3. The van der Waals surface area contributed by atoms with E-state index in [9.17, 15) is 4.79 Å². The van der Waals surface area contributed by atoms with Gasteiger partial charge in [0.25, 0.3) is 0 Å². The van der Waals surface area contributed by atoms with E-state index in [0.717, 1.165) is 28.9 Å². The Kier molecular flexibility index (Phi) is 7.20. The molecule has 2 atom stereocenters. The molecular weight excluding hydrogens is 416 g/mol. The molecule has 4 rings (SSSR count). The zero-order chi connectivity index (χ0) is 22.5. The van der Waals surface area contributed by atoms with Gasteiger partial charge in [-0.1, -0.05) is 91.2 Å². The molecule has 1 saturated carbocycles. The fourth-order valence-corrected chi connectivity index (χ4v) is 4.70. The van der Waals surface area contributed by atoms with Gasteiger partial charge >= 0.3 is 0 Å². The van der Waals surface area contributed by atoms with Crippen molar-refractivity contribution in [1.29, 1.82) is 0 Å². The van der Waals surface area contributed by atoms with Gasteiger partial charge < -0.3 is 5.32 Å². The Labute approximate surface area is 194 Å². The van der Waals surface area contributed by atoms with Crippen LogP contribution in [0.4, 0.5) is 0 Å². The molecule has 2 unspecified atom stereocenters. The number of nitrogens with one attached hydrogen (secondary N) is 1. The molecule has 1 heterocycles. The van der Waals surface area contributed by atoms with Gasteiger partial charge in [-0.25, -0.2) is 4.98 Å². The van der Waals surface area contributed by atoms with Crippen molar-refractivity contribution >= 4 is 17.7 Å². The van der Waals surface area contributed by atoms with Gasteiger partial charge in [0.05, 0.1) is 5.75 Å². The van der Waals surface area contributed by atoms with Crippen LogP contribution in [0.15, 0.2) is 53.7 Å². The second-order valence-corrected chi connectivity index (χ2v) is 9.69. The van der Waals surface area contributed by atoms with Crippen LogP contribution in [-0.4, -0.2) is 32.9 Å². The SMILES string of the molecule is Cc1ccc(-c2nnc(SCC(=O)NC3CCCCC3C)nc2-c2ccc(C)cc2)cc1. The summed E-state index contributed by atoms with van der Waals surface area (Å²) in [5.74, 6) is 0.872. The molecule has 0 aliphatic heterocycles. The Balaban J connectivity index is 1.54. The van der Waals surface area contributed by atoms with E-state index in [1.165, 1.54) is 42.2 Å². The molecule has 1 amide bonds. The molecule has 0 saturated heterocycles. The van der Waals surface area contributed by atoms with Crippen molar-refractivity contribution in [2.45, 2.75) is 57.7 Å². The summed E-state index contributed by atoms with van der Waals surface area (Å²) < 4.78 is 0. The highest BCUT2D eigenvalue weighted by Gasteiger charge is 2.23. The third kappa shape index (κ3) is 5.54. The minimum absolute atomic E-state index is 0.0387. The number of amides is 1. The summed E-state index contributed by atoms with van der Waals surface area (Å²) in [6, 6.07) is 16.8. The Hall–Kier alpha value is -2.73. The molecule has 1 aliphatic carbocycles. The first-order chi connectivity index (χ1) is 15.5. The highest BCUT2D eigenvalue weighted by Crippen LogP contribution is 2.30. The number of carbonyl (C=O) groups is 1. The summed E-state index contributed by atoms with van der Waals surface area (Å²) >= 11 is 1.34. The van der Waals surface area contributed by atoms with Gasteiger partial charge in [0.15, 0.2) is 0 Å². The van der Waals surface area contributed by atoms with Crippen molar-refractivity contribution in [1.82, 2.24) is 20.5 Å². The molecule has 0 spiro atoms. The van der Waals surface area contributed by atoms with Crippen molar-refractivity contribution in [2.24, 2.45) is 5.92 Å². The topological polar surface area (TPSA) is 67.8 Å². The van der Waals surface area contributed by atoms with Gasteiger partial charge in [0.1, 0.15) is 11.4 Å². The van der Waals surface area contributed by atoms with E-state index in [-0.39, 0.29) is 11.9 Å². The van der Waals surface area contributed by atoms with E-state index in [1.54, 1.807) is 0 Å². The molecule has 32 heavy (non-hydrogen) atoms. The normalized spacial score (nSPS) is 18.3. The van der Waals surface area contributed by atoms with Crippen molar-refractivity contribution in [3.63, 3.8) is 0 Å². The van der Waals surface area contributed by atoms with Crippen molar-refractivity contribution < 1.29 is 4.79 Å². The molecule has 3 aromatic rings. The van der Waals surface area contributed by atoms with E-state index in [0.29, 0.717) is 16.8 Å². The lowest BCUT2D eigenvalue weighted by Crippen LogP contribution is -2.41. The van der Waals surface area contributed by atoms with Crippen LogP contribution in [0.3, 0.4) is 0 Å².